The van der Waals surface area contributed by atoms with Gasteiger partial charge in [0.25, 0.3) is 0 Å². The Morgan fingerprint density at radius 2 is 2.36 bits per heavy atom. The lowest BCUT2D eigenvalue weighted by atomic mass is 9.90. The van der Waals surface area contributed by atoms with Gasteiger partial charge < -0.3 is 15.4 Å². The Hall–Kier alpha value is -1.64. The van der Waals surface area contributed by atoms with Crippen LogP contribution in [0.15, 0.2) is 47.8 Å². The molecule has 1 fully saturated rings. The van der Waals surface area contributed by atoms with E-state index in [0.29, 0.717) is 5.92 Å². The lowest BCUT2D eigenvalue weighted by Crippen LogP contribution is -2.14. The predicted octanol–water partition coefficient (Wildman–Crippen LogP) is 1.35. The van der Waals surface area contributed by atoms with Crippen molar-refractivity contribution in [2.75, 3.05) is 6.54 Å². The fourth-order valence-corrected chi connectivity index (χ4v) is 2.13. The van der Waals surface area contributed by atoms with Crippen LogP contribution in [-0.2, 0) is 4.74 Å². The number of allylic oxidation sites excluding steroid dienone is 4. The molecule has 0 aromatic heterocycles. The molecule has 0 radical (unpaired) electrons. The van der Waals surface area contributed by atoms with Crippen molar-refractivity contribution in [3.63, 3.8) is 0 Å². The summed E-state index contributed by atoms with van der Waals surface area (Å²) >= 11 is 0. The zero-order valence-electron chi connectivity index (χ0n) is 7.79. The van der Waals surface area contributed by atoms with Crippen LogP contribution in [0, 0.1) is 5.92 Å². The van der Waals surface area contributed by atoms with E-state index < -0.39 is 0 Å². The number of rotatable bonds is 0. The molecule has 0 saturated carbocycles. The maximum atomic E-state index is 5.49. The molecule has 3 nitrogen and oxygen atoms in total. The molecule has 1 atom stereocenters. The minimum atomic E-state index is 0.488. The topological polar surface area (TPSA) is 33.3 Å². The number of hydrogen-bond acceptors (Lipinski definition) is 3. The van der Waals surface area contributed by atoms with Gasteiger partial charge in [0.2, 0.25) is 0 Å². The molecule has 1 aliphatic carbocycles. The van der Waals surface area contributed by atoms with Gasteiger partial charge in [-0.05, 0) is 18.6 Å². The Balaban J connectivity index is 2.02. The van der Waals surface area contributed by atoms with Crippen molar-refractivity contribution in [3.8, 4) is 0 Å². The second kappa shape index (κ2) is 2.94. The summed E-state index contributed by atoms with van der Waals surface area (Å²) in [5.41, 5.74) is 2.56. The van der Waals surface area contributed by atoms with Crippen molar-refractivity contribution >= 4 is 0 Å². The van der Waals surface area contributed by atoms with E-state index >= 15 is 0 Å². The Bertz CT molecular complexity index is 377. The van der Waals surface area contributed by atoms with Gasteiger partial charge in [-0.2, -0.15) is 0 Å². The lowest BCUT2D eigenvalue weighted by Gasteiger charge is -2.20. The van der Waals surface area contributed by atoms with Gasteiger partial charge in [-0.1, -0.05) is 0 Å². The lowest BCUT2D eigenvalue weighted by molar-refractivity contribution is 0.352. The summed E-state index contributed by atoms with van der Waals surface area (Å²) in [7, 11) is 0. The first-order valence-corrected chi connectivity index (χ1v) is 4.89. The highest BCUT2D eigenvalue weighted by atomic mass is 16.5. The third-order valence-electron chi connectivity index (χ3n) is 2.81. The second-order valence-electron chi connectivity index (χ2n) is 3.61. The van der Waals surface area contributed by atoms with E-state index in [1.807, 2.05) is 12.3 Å². The molecule has 0 bridgehead atoms. The van der Waals surface area contributed by atoms with Crippen LogP contribution in [0.5, 0.6) is 0 Å². The van der Waals surface area contributed by atoms with Gasteiger partial charge in [-0.15, -0.1) is 0 Å². The van der Waals surface area contributed by atoms with Crippen molar-refractivity contribution in [1.82, 2.24) is 10.6 Å². The van der Waals surface area contributed by atoms with Crippen molar-refractivity contribution in [2.24, 2.45) is 5.92 Å². The molecule has 1 unspecified atom stereocenters. The molecule has 0 aromatic carbocycles. The minimum absolute atomic E-state index is 0.488. The number of ether oxygens (including phenoxy) is 1. The Morgan fingerprint density at radius 3 is 3.36 bits per heavy atom. The van der Waals surface area contributed by atoms with Gasteiger partial charge >= 0.3 is 0 Å². The Labute approximate surface area is 82.8 Å². The first-order valence-electron chi connectivity index (χ1n) is 4.89. The van der Waals surface area contributed by atoms with Crippen molar-refractivity contribution in [3.05, 3.63) is 47.8 Å². The van der Waals surface area contributed by atoms with Crippen molar-refractivity contribution in [2.45, 2.75) is 6.42 Å². The molecular formula is C11H12N2O. The number of fused-ring (bicyclic) bond motifs is 3. The van der Waals surface area contributed by atoms with Gasteiger partial charge in [-0.25, -0.2) is 0 Å². The first-order chi connectivity index (χ1) is 6.95. The quantitative estimate of drug-likeness (QED) is 0.602. The van der Waals surface area contributed by atoms with Crippen LogP contribution in [0.3, 0.4) is 0 Å². The fraction of sp³-hybridized carbons (Fsp3) is 0.273. The van der Waals surface area contributed by atoms with Crippen LogP contribution in [0.1, 0.15) is 6.42 Å². The van der Waals surface area contributed by atoms with Gasteiger partial charge in [0.15, 0.2) is 0 Å². The fourth-order valence-electron chi connectivity index (χ4n) is 2.13. The van der Waals surface area contributed by atoms with E-state index in [1.165, 1.54) is 11.3 Å². The summed E-state index contributed by atoms with van der Waals surface area (Å²) in [4.78, 5) is 0. The molecule has 14 heavy (non-hydrogen) atoms. The normalized spacial score (nSPS) is 28.0. The molecule has 1 saturated heterocycles. The summed E-state index contributed by atoms with van der Waals surface area (Å²) < 4.78 is 5.49. The molecule has 0 aromatic rings. The summed E-state index contributed by atoms with van der Waals surface area (Å²) in [5.74, 6) is 1.45. The average molecular weight is 188 g/mol. The maximum absolute atomic E-state index is 5.49. The third kappa shape index (κ3) is 1.05. The van der Waals surface area contributed by atoms with Gasteiger partial charge in [0.05, 0.1) is 0 Å². The summed E-state index contributed by atoms with van der Waals surface area (Å²) in [6.45, 7) is 1.06. The molecule has 3 aliphatic rings. The van der Waals surface area contributed by atoms with Crippen LogP contribution in [-0.4, -0.2) is 6.54 Å². The van der Waals surface area contributed by atoms with E-state index in [2.05, 4.69) is 16.7 Å². The smallest absolute Gasteiger partial charge is 0.131 e. The maximum Gasteiger partial charge on any atom is 0.131 e. The average Bonchev–Trinajstić information content (AvgIpc) is 2.55. The highest BCUT2D eigenvalue weighted by Gasteiger charge is 2.29. The van der Waals surface area contributed by atoms with Crippen LogP contribution in [0.25, 0.3) is 0 Å². The summed E-state index contributed by atoms with van der Waals surface area (Å²) in [5, 5.41) is 6.48. The zero-order valence-corrected chi connectivity index (χ0v) is 7.79. The standard InChI is InChI=1S/C11H12N2O/c1-2-11-9(7-12-5-6-14-11)8-3-4-13-10(1)8/h1-2,5-8,12-13H,3-4H2. The van der Waals surface area contributed by atoms with Gasteiger partial charge in [-0.3, -0.25) is 0 Å². The molecule has 3 rings (SSSR count). The molecule has 3 heteroatoms. The highest BCUT2D eigenvalue weighted by molar-refractivity contribution is 5.43. The molecule has 2 N–H and O–H groups in total. The zero-order chi connectivity index (χ0) is 9.38. The molecule has 72 valence electrons. The number of nitrogens with one attached hydrogen (secondary N) is 2. The van der Waals surface area contributed by atoms with E-state index in [1.54, 1.807) is 12.5 Å². The minimum Gasteiger partial charge on any atom is -0.463 e. The van der Waals surface area contributed by atoms with E-state index in [9.17, 15) is 0 Å². The van der Waals surface area contributed by atoms with E-state index in [-0.39, 0.29) is 0 Å². The molecule has 0 amide bonds. The van der Waals surface area contributed by atoms with Gasteiger partial charge in [0, 0.05) is 36.1 Å². The van der Waals surface area contributed by atoms with Crippen LogP contribution in [0.4, 0.5) is 0 Å². The van der Waals surface area contributed by atoms with Gasteiger partial charge in [0.1, 0.15) is 12.0 Å². The molecule has 0 spiro atoms. The predicted molar refractivity (Wildman–Crippen MR) is 53.7 cm³/mol. The molecule has 2 heterocycles. The molecular weight excluding hydrogens is 176 g/mol. The number of hydrogen-bond donors (Lipinski definition) is 2. The largest absolute Gasteiger partial charge is 0.463 e. The Morgan fingerprint density at radius 1 is 1.36 bits per heavy atom. The van der Waals surface area contributed by atoms with Crippen LogP contribution < -0.4 is 10.6 Å². The monoisotopic (exact) mass is 188 g/mol. The Kier molecular flexibility index (Phi) is 1.63. The summed E-state index contributed by atoms with van der Waals surface area (Å²) in [6.07, 6.45) is 10.8. The van der Waals surface area contributed by atoms with E-state index in [4.69, 9.17) is 4.74 Å². The highest BCUT2D eigenvalue weighted by Crippen LogP contribution is 2.35. The van der Waals surface area contributed by atoms with Crippen LogP contribution in [0.2, 0.25) is 0 Å². The first kappa shape index (κ1) is 7.74. The summed E-state index contributed by atoms with van der Waals surface area (Å²) in [6, 6.07) is 0. The third-order valence-corrected chi connectivity index (χ3v) is 2.81. The van der Waals surface area contributed by atoms with Crippen molar-refractivity contribution < 1.29 is 4.74 Å². The van der Waals surface area contributed by atoms with Crippen LogP contribution >= 0.6 is 0 Å². The second-order valence-corrected chi connectivity index (χ2v) is 3.61. The molecule has 2 aliphatic heterocycles. The van der Waals surface area contributed by atoms with E-state index in [0.717, 1.165) is 18.7 Å². The SMILES string of the molecule is C1=COC2=CC=C3NCCC3C2=CN1. The van der Waals surface area contributed by atoms with Crippen molar-refractivity contribution in [1.29, 1.82) is 0 Å².